The van der Waals surface area contributed by atoms with E-state index in [1.165, 1.54) is 25.7 Å². The lowest BCUT2D eigenvalue weighted by molar-refractivity contribution is 0.220. The standard InChI is InChI=1S/C19H20N3O/c1-14-11-21-19(22-12-14)16-7-8-18(17(9-16)10-20)23-13-15-5-3-2-4-6-15/h2,7-9,11-12,15H,3-6,13H2,1H3. The molecule has 1 radical (unpaired) electrons. The molecule has 1 aromatic heterocycles. The lowest BCUT2D eigenvalue weighted by atomic mass is 9.90. The van der Waals surface area contributed by atoms with Crippen molar-refractivity contribution < 1.29 is 4.74 Å². The fourth-order valence-corrected chi connectivity index (χ4v) is 2.79. The highest BCUT2D eigenvalue weighted by Crippen LogP contribution is 2.27. The van der Waals surface area contributed by atoms with Crippen molar-refractivity contribution >= 4 is 0 Å². The van der Waals surface area contributed by atoms with Gasteiger partial charge in [-0.15, -0.1) is 0 Å². The van der Waals surface area contributed by atoms with Gasteiger partial charge in [0.1, 0.15) is 11.8 Å². The van der Waals surface area contributed by atoms with Crippen molar-refractivity contribution in [1.29, 1.82) is 5.26 Å². The second kappa shape index (κ2) is 7.23. The maximum atomic E-state index is 9.40. The Morgan fingerprint density at radius 2 is 1.96 bits per heavy atom. The summed E-state index contributed by atoms with van der Waals surface area (Å²) in [6, 6.07) is 7.78. The number of ether oxygens (including phenoxy) is 1. The molecule has 4 nitrogen and oxygen atoms in total. The van der Waals surface area contributed by atoms with Crippen molar-refractivity contribution in [3.63, 3.8) is 0 Å². The molecule has 0 bridgehead atoms. The van der Waals surface area contributed by atoms with Crippen molar-refractivity contribution in [1.82, 2.24) is 9.97 Å². The minimum Gasteiger partial charge on any atom is -0.492 e. The zero-order chi connectivity index (χ0) is 16.1. The fraction of sp³-hybridized carbons (Fsp3) is 0.368. The third-order valence-corrected chi connectivity index (χ3v) is 4.17. The number of benzene rings is 1. The zero-order valence-electron chi connectivity index (χ0n) is 13.3. The van der Waals surface area contributed by atoms with Crippen LogP contribution in [0.15, 0.2) is 30.6 Å². The minimum absolute atomic E-state index is 0.536. The molecular weight excluding hydrogens is 286 g/mol. The Kier molecular flexibility index (Phi) is 4.87. The first kappa shape index (κ1) is 15.5. The van der Waals surface area contributed by atoms with Gasteiger partial charge in [0.2, 0.25) is 0 Å². The predicted molar refractivity (Wildman–Crippen MR) is 88.7 cm³/mol. The first-order valence-corrected chi connectivity index (χ1v) is 8.04. The van der Waals surface area contributed by atoms with E-state index in [1.807, 2.05) is 19.1 Å². The summed E-state index contributed by atoms with van der Waals surface area (Å²) in [4.78, 5) is 8.62. The molecule has 1 aliphatic rings. The van der Waals surface area contributed by atoms with Gasteiger partial charge in [0.25, 0.3) is 0 Å². The quantitative estimate of drug-likeness (QED) is 0.853. The predicted octanol–water partition coefficient (Wildman–Crippen LogP) is 4.10. The average molecular weight is 306 g/mol. The van der Waals surface area contributed by atoms with Gasteiger partial charge in [-0.05, 0) is 68.7 Å². The Hall–Kier alpha value is -2.41. The molecule has 117 valence electrons. The van der Waals surface area contributed by atoms with Crippen LogP contribution in [0.4, 0.5) is 0 Å². The number of aryl methyl sites for hydroxylation is 1. The summed E-state index contributed by atoms with van der Waals surface area (Å²) in [5.41, 5.74) is 2.38. The van der Waals surface area contributed by atoms with E-state index in [0.29, 0.717) is 29.7 Å². The van der Waals surface area contributed by atoms with Gasteiger partial charge in [-0.25, -0.2) is 9.97 Å². The first-order valence-electron chi connectivity index (χ1n) is 8.04. The zero-order valence-corrected chi connectivity index (χ0v) is 13.3. The second-order valence-electron chi connectivity index (χ2n) is 6.03. The van der Waals surface area contributed by atoms with Crippen LogP contribution in [0.5, 0.6) is 5.75 Å². The summed E-state index contributed by atoms with van der Waals surface area (Å²) in [6.45, 7) is 2.63. The van der Waals surface area contributed by atoms with E-state index in [0.717, 1.165) is 11.1 Å². The molecule has 0 unspecified atom stereocenters. The van der Waals surface area contributed by atoms with Gasteiger partial charge < -0.3 is 4.74 Å². The molecule has 0 amide bonds. The van der Waals surface area contributed by atoms with Crippen molar-refractivity contribution in [2.75, 3.05) is 6.61 Å². The molecule has 0 N–H and O–H groups in total. The molecule has 1 aromatic carbocycles. The molecule has 0 aliphatic heterocycles. The molecule has 2 aromatic rings. The van der Waals surface area contributed by atoms with Crippen LogP contribution in [0.25, 0.3) is 11.4 Å². The minimum atomic E-state index is 0.536. The number of rotatable bonds is 4. The van der Waals surface area contributed by atoms with E-state index < -0.39 is 0 Å². The first-order chi connectivity index (χ1) is 11.3. The van der Waals surface area contributed by atoms with Crippen LogP contribution >= 0.6 is 0 Å². The molecule has 4 heteroatoms. The summed E-state index contributed by atoms with van der Waals surface area (Å²) in [5, 5.41) is 9.40. The molecule has 1 saturated carbocycles. The molecule has 1 fully saturated rings. The van der Waals surface area contributed by atoms with Crippen LogP contribution < -0.4 is 4.74 Å². The van der Waals surface area contributed by atoms with Crippen LogP contribution in [0.1, 0.15) is 36.8 Å². The Morgan fingerprint density at radius 1 is 1.22 bits per heavy atom. The van der Waals surface area contributed by atoms with Gasteiger partial charge in [-0.2, -0.15) is 5.26 Å². The molecule has 1 heterocycles. The third kappa shape index (κ3) is 3.87. The molecule has 1 aliphatic carbocycles. The van der Waals surface area contributed by atoms with Crippen LogP contribution in [0.2, 0.25) is 0 Å². The van der Waals surface area contributed by atoms with Crippen molar-refractivity contribution in [2.45, 2.75) is 32.6 Å². The number of nitriles is 1. The van der Waals surface area contributed by atoms with Crippen LogP contribution in [0, 0.1) is 30.6 Å². The highest BCUT2D eigenvalue weighted by atomic mass is 16.5. The Balaban J connectivity index is 1.74. The smallest absolute Gasteiger partial charge is 0.159 e. The Bertz CT molecular complexity index is 698. The summed E-state index contributed by atoms with van der Waals surface area (Å²) < 4.78 is 5.90. The van der Waals surface area contributed by atoms with Gasteiger partial charge in [-0.1, -0.05) is 0 Å². The van der Waals surface area contributed by atoms with Gasteiger partial charge in [-0.3, -0.25) is 0 Å². The Morgan fingerprint density at radius 3 is 2.65 bits per heavy atom. The lowest BCUT2D eigenvalue weighted by Gasteiger charge is -2.21. The van der Waals surface area contributed by atoms with Gasteiger partial charge in [0.05, 0.1) is 12.2 Å². The number of aromatic nitrogens is 2. The topological polar surface area (TPSA) is 58.8 Å². The van der Waals surface area contributed by atoms with Crippen LogP contribution in [-0.4, -0.2) is 16.6 Å². The molecule has 3 rings (SSSR count). The van der Waals surface area contributed by atoms with E-state index in [2.05, 4.69) is 22.5 Å². The highest BCUT2D eigenvalue weighted by molar-refractivity contribution is 5.61. The summed E-state index contributed by atoms with van der Waals surface area (Å²) >= 11 is 0. The summed E-state index contributed by atoms with van der Waals surface area (Å²) in [5.74, 6) is 1.87. The maximum Gasteiger partial charge on any atom is 0.159 e. The molecular formula is C19H20N3O. The van der Waals surface area contributed by atoms with E-state index >= 15 is 0 Å². The number of hydrogen-bond acceptors (Lipinski definition) is 4. The van der Waals surface area contributed by atoms with Crippen molar-refractivity contribution in [3.05, 3.63) is 48.1 Å². The SMILES string of the molecule is Cc1cnc(-c2ccc(OCC3CC[CH]CC3)c(C#N)c2)nc1. The van der Waals surface area contributed by atoms with Gasteiger partial charge >= 0.3 is 0 Å². The molecule has 23 heavy (non-hydrogen) atoms. The molecule has 0 saturated heterocycles. The largest absolute Gasteiger partial charge is 0.492 e. The van der Waals surface area contributed by atoms with E-state index in [4.69, 9.17) is 4.74 Å². The summed E-state index contributed by atoms with van der Waals surface area (Å²) in [7, 11) is 0. The normalized spacial score (nSPS) is 15.1. The number of nitrogens with zero attached hydrogens (tertiary/aromatic N) is 3. The van der Waals surface area contributed by atoms with Crippen molar-refractivity contribution in [2.24, 2.45) is 5.92 Å². The van der Waals surface area contributed by atoms with E-state index in [-0.39, 0.29) is 0 Å². The van der Waals surface area contributed by atoms with Gasteiger partial charge in [0, 0.05) is 18.0 Å². The van der Waals surface area contributed by atoms with E-state index in [1.54, 1.807) is 18.5 Å². The van der Waals surface area contributed by atoms with Crippen molar-refractivity contribution in [3.8, 4) is 23.2 Å². The highest BCUT2D eigenvalue weighted by Gasteiger charge is 2.15. The molecule has 0 spiro atoms. The maximum absolute atomic E-state index is 9.40. The second-order valence-corrected chi connectivity index (χ2v) is 6.03. The van der Waals surface area contributed by atoms with E-state index in [9.17, 15) is 5.26 Å². The third-order valence-electron chi connectivity index (χ3n) is 4.17. The lowest BCUT2D eigenvalue weighted by Crippen LogP contribution is -2.15. The Labute approximate surface area is 137 Å². The van der Waals surface area contributed by atoms with Crippen LogP contribution in [-0.2, 0) is 0 Å². The monoisotopic (exact) mass is 306 g/mol. The van der Waals surface area contributed by atoms with Gasteiger partial charge in [0.15, 0.2) is 5.82 Å². The summed E-state index contributed by atoms with van der Waals surface area (Å²) in [6.07, 6.45) is 10.6. The number of hydrogen-bond donors (Lipinski definition) is 0. The molecule has 0 atom stereocenters. The van der Waals surface area contributed by atoms with Crippen LogP contribution in [0.3, 0.4) is 0 Å². The fourth-order valence-electron chi connectivity index (χ4n) is 2.79. The average Bonchev–Trinajstić information content (AvgIpc) is 2.61.